The minimum absolute atomic E-state index is 0.480. The van der Waals surface area contributed by atoms with E-state index >= 15 is 0 Å². The molecule has 0 rings (SSSR count). The van der Waals surface area contributed by atoms with E-state index in [1.165, 1.54) is 38.5 Å². The minimum Gasteiger partial charge on any atom is -0.381 e. The highest BCUT2D eigenvalue weighted by molar-refractivity contribution is 4.78. The minimum atomic E-state index is 0.480. The van der Waals surface area contributed by atoms with E-state index in [-0.39, 0.29) is 0 Å². The van der Waals surface area contributed by atoms with E-state index in [1.54, 1.807) is 0 Å². The molecule has 0 saturated heterocycles. The van der Waals surface area contributed by atoms with E-state index in [1.807, 2.05) is 0 Å². The quantitative estimate of drug-likeness (QED) is 0.535. The molecule has 0 unspecified atom stereocenters. The first-order valence-corrected chi connectivity index (χ1v) is 6.32. The largest absolute Gasteiger partial charge is 0.381 e. The van der Waals surface area contributed by atoms with Gasteiger partial charge in [-0.05, 0) is 31.6 Å². The molecule has 1 nitrogen and oxygen atoms in total. The summed E-state index contributed by atoms with van der Waals surface area (Å²) in [5.41, 5.74) is 0.480. The van der Waals surface area contributed by atoms with E-state index in [0.29, 0.717) is 5.41 Å². The summed E-state index contributed by atoms with van der Waals surface area (Å²) in [6.07, 6.45) is 7.84. The summed E-state index contributed by atoms with van der Waals surface area (Å²) in [5, 5.41) is 0. The maximum atomic E-state index is 5.66. The molecular weight excluding hydrogens is 172 g/mol. The van der Waals surface area contributed by atoms with Crippen LogP contribution in [0.4, 0.5) is 0 Å². The molecule has 0 aromatic heterocycles. The lowest BCUT2D eigenvalue weighted by molar-refractivity contribution is 0.0314. The predicted octanol–water partition coefficient (Wildman–Crippen LogP) is 4.41. The van der Waals surface area contributed by atoms with Crippen molar-refractivity contribution in [3.63, 3.8) is 0 Å². The highest BCUT2D eigenvalue weighted by Gasteiger charge is 2.27. The van der Waals surface area contributed by atoms with E-state index in [9.17, 15) is 0 Å². The fraction of sp³-hybridized carbons (Fsp3) is 1.00. The third kappa shape index (κ3) is 4.99. The standard InChI is InChI=1S/C13H28O/c1-5-9-13(10-6-2,11-7-3)12-14-8-4/h5-12H2,1-4H3. The monoisotopic (exact) mass is 200 g/mol. The Morgan fingerprint density at radius 1 is 0.786 bits per heavy atom. The van der Waals surface area contributed by atoms with Crippen LogP contribution in [0, 0.1) is 5.41 Å². The highest BCUT2D eigenvalue weighted by atomic mass is 16.5. The van der Waals surface area contributed by atoms with Crippen molar-refractivity contribution in [3.8, 4) is 0 Å². The smallest absolute Gasteiger partial charge is 0.0522 e. The van der Waals surface area contributed by atoms with Gasteiger partial charge in [-0.1, -0.05) is 40.0 Å². The zero-order valence-corrected chi connectivity index (χ0v) is 10.6. The Balaban J connectivity index is 4.21. The molecular formula is C13H28O. The molecule has 0 amide bonds. The fourth-order valence-corrected chi connectivity index (χ4v) is 2.50. The maximum Gasteiger partial charge on any atom is 0.0522 e. The Hall–Kier alpha value is -0.0400. The van der Waals surface area contributed by atoms with Gasteiger partial charge in [0.15, 0.2) is 0 Å². The Morgan fingerprint density at radius 3 is 1.50 bits per heavy atom. The van der Waals surface area contributed by atoms with Crippen LogP contribution in [-0.4, -0.2) is 13.2 Å². The van der Waals surface area contributed by atoms with Crippen molar-refractivity contribution in [3.05, 3.63) is 0 Å². The van der Waals surface area contributed by atoms with Crippen LogP contribution in [0.1, 0.15) is 66.2 Å². The molecule has 86 valence electrons. The summed E-state index contributed by atoms with van der Waals surface area (Å²) >= 11 is 0. The van der Waals surface area contributed by atoms with Crippen LogP contribution in [0.2, 0.25) is 0 Å². The van der Waals surface area contributed by atoms with E-state index in [4.69, 9.17) is 4.74 Å². The summed E-state index contributed by atoms with van der Waals surface area (Å²) in [4.78, 5) is 0. The van der Waals surface area contributed by atoms with Gasteiger partial charge in [-0.2, -0.15) is 0 Å². The SMILES string of the molecule is CCCC(CCC)(CCC)COCC. The molecule has 0 aliphatic heterocycles. The van der Waals surface area contributed by atoms with Crippen molar-refractivity contribution in [1.82, 2.24) is 0 Å². The predicted molar refractivity (Wildman–Crippen MR) is 63.7 cm³/mol. The maximum absolute atomic E-state index is 5.66. The molecule has 14 heavy (non-hydrogen) atoms. The van der Waals surface area contributed by atoms with Gasteiger partial charge in [0.1, 0.15) is 0 Å². The van der Waals surface area contributed by atoms with Crippen LogP contribution in [0.3, 0.4) is 0 Å². The van der Waals surface area contributed by atoms with Gasteiger partial charge in [0.05, 0.1) is 6.61 Å². The zero-order valence-electron chi connectivity index (χ0n) is 10.6. The lowest BCUT2D eigenvalue weighted by atomic mass is 9.76. The average molecular weight is 200 g/mol. The zero-order chi connectivity index (χ0) is 10.9. The molecule has 0 aromatic rings. The van der Waals surface area contributed by atoms with Gasteiger partial charge >= 0.3 is 0 Å². The number of rotatable bonds is 9. The summed E-state index contributed by atoms with van der Waals surface area (Å²) in [6, 6.07) is 0. The number of hydrogen-bond donors (Lipinski definition) is 0. The van der Waals surface area contributed by atoms with Crippen molar-refractivity contribution in [2.75, 3.05) is 13.2 Å². The first-order valence-electron chi connectivity index (χ1n) is 6.32. The molecule has 0 radical (unpaired) electrons. The molecule has 0 saturated carbocycles. The second-order valence-corrected chi connectivity index (χ2v) is 4.39. The van der Waals surface area contributed by atoms with E-state index in [2.05, 4.69) is 27.7 Å². The van der Waals surface area contributed by atoms with Gasteiger partial charge in [0.2, 0.25) is 0 Å². The topological polar surface area (TPSA) is 9.23 Å². The summed E-state index contributed by atoms with van der Waals surface area (Å²) in [7, 11) is 0. The third-order valence-corrected chi connectivity index (χ3v) is 2.95. The summed E-state index contributed by atoms with van der Waals surface area (Å²) in [6.45, 7) is 10.8. The van der Waals surface area contributed by atoms with Gasteiger partial charge in [-0.25, -0.2) is 0 Å². The van der Waals surface area contributed by atoms with Crippen LogP contribution in [0.15, 0.2) is 0 Å². The molecule has 0 N–H and O–H groups in total. The lowest BCUT2D eigenvalue weighted by Gasteiger charge is -2.33. The molecule has 0 aliphatic carbocycles. The van der Waals surface area contributed by atoms with Crippen molar-refractivity contribution in [2.45, 2.75) is 66.2 Å². The first kappa shape index (κ1) is 14.0. The molecule has 0 fully saturated rings. The van der Waals surface area contributed by atoms with Crippen LogP contribution < -0.4 is 0 Å². The first-order chi connectivity index (χ1) is 6.74. The van der Waals surface area contributed by atoms with E-state index in [0.717, 1.165) is 13.2 Å². The molecule has 0 atom stereocenters. The van der Waals surface area contributed by atoms with E-state index < -0.39 is 0 Å². The van der Waals surface area contributed by atoms with Crippen molar-refractivity contribution < 1.29 is 4.74 Å². The van der Waals surface area contributed by atoms with Gasteiger partial charge in [-0.3, -0.25) is 0 Å². The average Bonchev–Trinajstić information content (AvgIpc) is 2.16. The molecule has 0 aromatic carbocycles. The fourth-order valence-electron chi connectivity index (χ4n) is 2.50. The number of hydrogen-bond acceptors (Lipinski definition) is 1. The normalized spacial score (nSPS) is 12.0. The van der Waals surface area contributed by atoms with Gasteiger partial charge in [-0.15, -0.1) is 0 Å². The van der Waals surface area contributed by atoms with Crippen LogP contribution in [0.25, 0.3) is 0 Å². The lowest BCUT2D eigenvalue weighted by Crippen LogP contribution is -2.27. The molecule has 0 bridgehead atoms. The van der Waals surface area contributed by atoms with Crippen molar-refractivity contribution in [2.24, 2.45) is 5.41 Å². The molecule has 1 heteroatoms. The van der Waals surface area contributed by atoms with Gasteiger partial charge in [0, 0.05) is 6.61 Å². The Kier molecular flexibility index (Phi) is 8.26. The number of ether oxygens (including phenoxy) is 1. The Bertz CT molecular complexity index is 103. The molecule has 0 aliphatic rings. The van der Waals surface area contributed by atoms with Crippen LogP contribution in [0.5, 0.6) is 0 Å². The van der Waals surface area contributed by atoms with Crippen LogP contribution >= 0.6 is 0 Å². The summed E-state index contributed by atoms with van der Waals surface area (Å²) in [5.74, 6) is 0. The summed E-state index contributed by atoms with van der Waals surface area (Å²) < 4.78 is 5.66. The van der Waals surface area contributed by atoms with Gasteiger partial charge < -0.3 is 4.74 Å². The molecule has 0 heterocycles. The second kappa shape index (κ2) is 8.28. The highest BCUT2D eigenvalue weighted by Crippen LogP contribution is 2.35. The van der Waals surface area contributed by atoms with Crippen molar-refractivity contribution in [1.29, 1.82) is 0 Å². The molecule has 0 spiro atoms. The Labute approximate surface area is 90.2 Å². The second-order valence-electron chi connectivity index (χ2n) is 4.39. The third-order valence-electron chi connectivity index (χ3n) is 2.95. The van der Waals surface area contributed by atoms with Crippen LogP contribution in [-0.2, 0) is 4.74 Å². The van der Waals surface area contributed by atoms with Gasteiger partial charge in [0.25, 0.3) is 0 Å². The Morgan fingerprint density at radius 2 is 1.21 bits per heavy atom. The van der Waals surface area contributed by atoms with Crippen molar-refractivity contribution >= 4 is 0 Å².